The van der Waals surface area contributed by atoms with Crippen LogP contribution in [0.5, 0.6) is 0 Å². The SMILES string of the molecule is C[N+](C)(C)C[C@@H]1CCCCO1. The molecule has 1 saturated heterocycles. The van der Waals surface area contributed by atoms with Gasteiger partial charge in [0, 0.05) is 6.61 Å². The Kier molecular flexibility index (Phi) is 2.90. The van der Waals surface area contributed by atoms with Crippen LogP contribution in [0.15, 0.2) is 0 Å². The monoisotopic (exact) mass is 158 g/mol. The summed E-state index contributed by atoms with van der Waals surface area (Å²) in [7, 11) is 6.66. The average Bonchev–Trinajstić information content (AvgIpc) is 1.85. The molecule has 0 saturated carbocycles. The molecule has 0 aromatic heterocycles. The molecule has 0 spiro atoms. The van der Waals surface area contributed by atoms with Gasteiger partial charge in [0.1, 0.15) is 12.6 Å². The molecular weight excluding hydrogens is 138 g/mol. The van der Waals surface area contributed by atoms with Crippen molar-refractivity contribution >= 4 is 0 Å². The lowest BCUT2D eigenvalue weighted by atomic mass is 10.1. The second-order valence-electron chi connectivity index (χ2n) is 4.46. The topological polar surface area (TPSA) is 9.23 Å². The van der Waals surface area contributed by atoms with Crippen molar-refractivity contribution in [2.24, 2.45) is 0 Å². The molecule has 0 aromatic rings. The Morgan fingerprint density at radius 3 is 2.45 bits per heavy atom. The summed E-state index contributed by atoms with van der Waals surface area (Å²) in [6, 6.07) is 0. The highest BCUT2D eigenvalue weighted by atomic mass is 16.5. The molecule has 1 atom stereocenters. The van der Waals surface area contributed by atoms with Gasteiger partial charge in [0.25, 0.3) is 0 Å². The molecule has 1 fully saturated rings. The van der Waals surface area contributed by atoms with Crippen LogP contribution in [0.25, 0.3) is 0 Å². The quantitative estimate of drug-likeness (QED) is 0.550. The van der Waals surface area contributed by atoms with E-state index < -0.39 is 0 Å². The number of hydrogen-bond acceptors (Lipinski definition) is 1. The lowest BCUT2D eigenvalue weighted by Crippen LogP contribution is -2.43. The van der Waals surface area contributed by atoms with Gasteiger partial charge in [-0.2, -0.15) is 0 Å². The molecule has 66 valence electrons. The molecule has 1 heterocycles. The van der Waals surface area contributed by atoms with E-state index in [2.05, 4.69) is 21.1 Å². The van der Waals surface area contributed by atoms with Crippen molar-refractivity contribution in [1.82, 2.24) is 0 Å². The van der Waals surface area contributed by atoms with Crippen molar-refractivity contribution in [3.8, 4) is 0 Å². The van der Waals surface area contributed by atoms with Crippen LogP contribution in [0.2, 0.25) is 0 Å². The number of likely N-dealkylation sites (N-methyl/N-ethyl adjacent to an activating group) is 1. The first kappa shape index (κ1) is 9.01. The Morgan fingerprint density at radius 2 is 2.00 bits per heavy atom. The first-order valence-corrected chi connectivity index (χ1v) is 4.50. The average molecular weight is 158 g/mol. The normalized spacial score (nSPS) is 27.0. The van der Waals surface area contributed by atoms with E-state index in [1.54, 1.807) is 0 Å². The molecule has 1 rings (SSSR count). The summed E-state index contributed by atoms with van der Waals surface area (Å²) in [5, 5.41) is 0. The molecule has 1 aliphatic rings. The van der Waals surface area contributed by atoms with Crippen molar-refractivity contribution < 1.29 is 9.22 Å². The van der Waals surface area contributed by atoms with E-state index in [0.717, 1.165) is 17.6 Å². The summed E-state index contributed by atoms with van der Waals surface area (Å²) in [5.74, 6) is 0. The third-order valence-corrected chi connectivity index (χ3v) is 2.03. The van der Waals surface area contributed by atoms with Gasteiger partial charge in [-0.25, -0.2) is 0 Å². The second-order valence-corrected chi connectivity index (χ2v) is 4.46. The van der Waals surface area contributed by atoms with Gasteiger partial charge < -0.3 is 9.22 Å². The highest BCUT2D eigenvalue weighted by Gasteiger charge is 2.20. The van der Waals surface area contributed by atoms with Crippen LogP contribution in [-0.4, -0.2) is 44.9 Å². The fraction of sp³-hybridized carbons (Fsp3) is 1.00. The minimum absolute atomic E-state index is 0.517. The van der Waals surface area contributed by atoms with Gasteiger partial charge in [0.2, 0.25) is 0 Å². The van der Waals surface area contributed by atoms with Crippen LogP contribution in [0.4, 0.5) is 0 Å². The Labute approximate surface area is 69.7 Å². The Balaban J connectivity index is 2.24. The van der Waals surface area contributed by atoms with E-state index in [4.69, 9.17) is 4.74 Å². The molecule has 0 amide bonds. The maximum Gasteiger partial charge on any atom is 0.106 e. The van der Waals surface area contributed by atoms with Crippen molar-refractivity contribution in [3.63, 3.8) is 0 Å². The summed E-state index contributed by atoms with van der Waals surface area (Å²) < 4.78 is 6.66. The van der Waals surface area contributed by atoms with Crippen molar-refractivity contribution in [3.05, 3.63) is 0 Å². The second kappa shape index (κ2) is 3.55. The molecule has 2 nitrogen and oxygen atoms in total. The summed E-state index contributed by atoms with van der Waals surface area (Å²) in [5.41, 5.74) is 0. The smallest absolute Gasteiger partial charge is 0.106 e. The van der Waals surface area contributed by atoms with Crippen LogP contribution < -0.4 is 0 Å². The summed E-state index contributed by atoms with van der Waals surface area (Å²) in [6.07, 6.45) is 4.39. The van der Waals surface area contributed by atoms with Crippen molar-refractivity contribution in [2.75, 3.05) is 34.3 Å². The van der Waals surface area contributed by atoms with Crippen LogP contribution in [0.1, 0.15) is 19.3 Å². The maximum atomic E-state index is 5.64. The van der Waals surface area contributed by atoms with Gasteiger partial charge in [-0.15, -0.1) is 0 Å². The van der Waals surface area contributed by atoms with E-state index in [1.165, 1.54) is 19.3 Å². The van der Waals surface area contributed by atoms with E-state index in [0.29, 0.717) is 6.10 Å². The third kappa shape index (κ3) is 3.73. The zero-order valence-corrected chi connectivity index (χ0v) is 7.97. The summed E-state index contributed by atoms with van der Waals surface area (Å²) >= 11 is 0. The zero-order valence-electron chi connectivity index (χ0n) is 7.97. The van der Waals surface area contributed by atoms with Gasteiger partial charge in [-0.3, -0.25) is 0 Å². The van der Waals surface area contributed by atoms with E-state index >= 15 is 0 Å². The molecule has 0 aromatic carbocycles. The van der Waals surface area contributed by atoms with Gasteiger partial charge in [0.05, 0.1) is 21.1 Å². The predicted molar refractivity (Wildman–Crippen MR) is 46.5 cm³/mol. The Bertz CT molecular complexity index is 111. The minimum Gasteiger partial charge on any atom is -0.372 e. The molecule has 0 N–H and O–H groups in total. The fourth-order valence-corrected chi connectivity index (χ4v) is 1.56. The van der Waals surface area contributed by atoms with Crippen LogP contribution >= 0.6 is 0 Å². The molecule has 0 bridgehead atoms. The standard InChI is InChI=1S/C9H20NO/c1-10(2,3)8-9-6-4-5-7-11-9/h9H,4-8H2,1-3H3/q+1/t9-/m0/s1. The van der Waals surface area contributed by atoms with Crippen molar-refractivity contribution in [2.45, 2.75) is 25.4 Å². The molecular formula is C9H20NO+. The summed E-state index contributed by atoms with van der Waals surface area (Å²) in [4.78, 5) is 0. The Hall–Kier alpha value is -0.0800. The summed E-state index contributed by atoms with van der Waals surface area (Å²) in [6.45, 7) is 2.13. The Morgan fingerprint density at radius 1 is 1.27 bits per heavy atom. The number of nitrogens with zero attached hydrogens (tertiary/aromatic N) is 1. The molecule has 2 heteroatoms. The number of hydrogen-bond donors (Lipinski definition) is 0. The molecule has 0 aliphatic carbocycles. The lowest BCUT2D eigenvalue weighted by Gasteiger charge is -2.31. The van der Waals surface area contributed by atoms with E-state index in [1.807, 2.05) is 0 Å². The fourth-order valence-electron chi connectivity index (χ4n) is 1.56. The van der Waals surface area contributed by atoms with Crippen LogP contribution in [0, 0.1) is 0 Å². The number of quaternary nitrogens is 1. The highest BCUT2D eigenvalue weighted by molar-refractivity contribution is 4.61. The van der Waals surface area contributed by atoms with Gasteiger partial charge in [-0.1, -0.05) is 0 Å². The van der Waals surface area contributed by atoms with E-state index in [-0.39, 0.29) is 0 Å². The van der Waals surface area contributed by atoms with Gasteiger partial charge >= 0.3 is 0 Å². The van der Waals surface area contributed by atoms with Crippen LogP contribution in [0.3, 0.4) is 0 Å². The van der Waals surface area contributed by atoms with Crippen molar-refractivity contribution in [1.29, 1.82) is 0 Å². The first-order chi connectivity index (χ1) is 5.08. The molecule has 0 radical (unpaired) electrons. The molecule has 0 unspecified atom stereocenters. The number of ether oxygens (including phenoxy) is 1. The molecule has 11 heavy (non-hydrogen) atoms. The van der Waals surface area contributed by atoms with Crippen LogP contribution in [-0.2, 0) is 4.74 Å². The highest BCUT2D eigenvalue weighted by Crippen LogP contribution is 2.14. The first-order valence-electron chi connectivity index (χ1n) is 4.50. The predicted octanol–water partition coefficient (Wildman–Crippen LogP) is 1.26. The largest absolute Gasteiger partial charge is 0.372 e. The molecule has 1 aliphatic heterocycles. The minimum atomic E-state index is 0.517. The maximum absolute atomic E-state index is 5.64. The lowest BCUT2D eigenvalue weighted by molar-refractivity contribution is -0.873. The number of rotatable bonds is 2. The zero-order chi connectivity index (χ0) is 8.32. The van der Waals surface area contributed by atoms with E-state index in [9.17, 15) is 0 Å². The van der Waals surface area contributed by atoms with Gasteiger partial charge in [-0.05, 0) is 19.3 Å². The van der Waals surface area contributed by atoms with Gasteiger partial charge in [0.15, 0.2) is 0 Å². The third-order valence-electron chi connectivity index (χ3n) is 2.03.